The summed E-state index contributed by atoms with van der Waals surface area (Å²) < 4.78 is 27.0. The zero-order chi connectivity index (χ0) is 13.8. The Morgan fingerprint density at radius 2 is 2.06 bits per heavy atom. The average Bonchev–Trinajstić information content (AvgIpc) is 2.26. The number of sulfone groups is 1. The first-order chi connectivity index (χ1) is 8.33. The normalized spacial score (nSPS) is 11.3. The summed E-state index contributed by atoms with van der Waals surface area (Å²) >= 11 is 5.79. The van der Waals surface area contributed by atoms with Crippen molar-refractivity contribution in [3.8, 4) is 5.75 Å². The number of hydrogen-bond donors (Lipinski definition) is 0. The number of rotatable bonds is 6. The molecule has 6 heteroatoms. The highest BCUT2D eigenvalue weighted by Crippen LogP contribution is 2.24. The van der Waals surface area contributed by atoms with Gasteiger partial charge >= 0.3 is 0 Å². The molecular weight excluding hydrogens is 276 g/mol. The van der Waals surface area contributed by atoms with Gasteiger partial charge in [-0.2, -0.15) is 0 Å². The van der Waals surface area contributed by atoms with Crippen LogP contribution >= 0.6 is 11.6 Å². The first-order valence-electron chi connectivity index (χ1n) is 5.38. The van der Waals surface area contributed by atoms with E-state index in [1.54, 1.807) is 18.2 Å². The summed E-state index contributed by atoms with van der Waals surface area (Å²) in [5.74, 6) is 0.272. The lowest BCUT2D eigenvalue weighted by Gasteiger charge is -2.07. The molecule has 0 N–H and O–H groups in total. The summed E-state index contributed by atoms with van der Waals surface area (Å²) in [5, 5.41) is 0.486. The molecule has 0 fully saturated rings. The number of ketones is 1. The molecule has 0 bridgehead atoms. The molecule has 0 aliphatic rings. The van der Waals surface area contributed by atoms with E-state index in [0.717, 1.165) is 6.26 Å². The van der Waals surface area contributed by atoms with Crippen LogP contribution in [0.3, 0.4) is 0 Å². The second kappa shape index (κ2) is 6.20. The van der Waals surface area contributed by atoms with E-state index in [-0.39, 0.29) is 18.0 Å². The second-order valence-corrected chi connectivity index (χ2v) is 6.70. The van der Waals surface area contributed by atoms with Gasteiger partial charge in [-0.25, -0.2) is 8.42 Å². The Hall–Kier alpha value is -1.07. The molecule has 4 nitrogen and oxygen atoms in total. The van der Waals surface area contributed by atoms with E-state index in [9.17, 15) is 13.2 Å². The Balaban J connectivity index is 2.73. The first kappa shape index (κ1) is 15.0. The van der Waals surface area contributed by atoms with Crippen molar-refractivity contribution in [1.82, 2.24) is 0 Å². The number of Topliss-reactive ketones (excluding diaryl/α,β-unsaturated/α-hetero) is 1. The van der Waals surface area contributed by atoms with Crippen LogP contribution in [0.2, 0.25) is 5.02 Å². The smallest absolute Gasteiger partial charge is 0.166 e. The van der Waals surface area contributed by atoms with Gasteiger partial charge in [0.15, 0.2) is 5.78 Å². The molecule has 0 aliphatic carbocycles. The molecule has 0 aliphatic heterocycles. The van der Waals surface area contributed by atoms with Gasteiger partial charge in [-0.05, 0) is 24.6 Å². The van der Waals surface area contributed by atoms with Gasteiger partial charge in [0.25, 0.3) is 0 Å². The molecule has 0 unspecified atom stereocenters. The van der Waals surface area contributed by atoms with E-state index in [1.807, 2.05) is 0 Å². The summed E-state index contributed by atoms with van der Waals surface area (Å²) in [5.41, 5.74) is 0.426. The molecule has 0 radical (unpaired) electrons. The minimum absolute atomic E-state index is 0.00858. The van der Waals surface area contributed by atoms with Crippen LogP contribution in [0.1, 0.15) is 23.2 Å². The maximum Gasteiger partial charge on any atom is 0.166 e. The van der Waals surface area contributed by atoms with Gasteiger partial charge in [0.05, 0.1) is 18.4 Å². The Labute approximate surface area is 112 Å². The molecule has 1 aromatic rings. The van der Waals surface area contributed by atoms with Gasteiger partial charge in [-0.3, -0.25) is 4.79 Å². The summed E-state index contributed by atoms with van der Waals surface area (Å²) in [6.07, 6.45) is 1.63. The van der Waals surface area contributed by atoms with Crippen molar-refractivity contribution in [2.75, 3.05) is 19.1 Å². The van der Waals surface area contributed by atoms with Crippen LogP contribution in [0.4, 0.5) is 0 Å². The fraction of sp³-hybridized carbons (Fsp3) is 0.417. The highest BCUT2D eigenvalue weighted by Gasteiger charge is 2.13. The average molecular weight is 291 g/mol. The van der Waals surface area contributed by atoms with Crippen LogP contribution in [-0.2, 0) is 9.84 Å². The molecule has 0 saturated heterocycles. The highest BCUT2D eigenvalue weighted by molar-refractivity contribution is 7.90. The summed E-state index contributed by atoms with van der Waals surface area (Å²) in [7, 11) is -1.57. The number of carbonyl (C=O) groups is 1. The fourth-order valence-corrected chi connectivity index (χ4v) is 2.36. The van der Waals surface area contributed by atoms with E-state index < -0.39 is 9.84 Å². The molecule has 0 heterocycles. The zero-order valence-corrected chi connectivity index (χ0v) is 11.8. The van der Waals surface area contributed by atoms with Crippen LogP contribution in [0.25, 0.3) is 0 Å². The van der Waals surface area contributed by atoms with Crippen LogP contribution in [0, 0.1) is 0 Å². The van der Waals surface area contributed by atoms with Gasteiger partial charge in [0.2, 0.25) is 0 Å². The molecule has 100 valence electrons. The third kappa shape index (κ3) is 4.66. The number of hydrogen-bond acceptors (Lipinski definition) is 4. The number of ether oxygens (including phenoxy) is 1. The lowest BCUT2D eigenvalue weighted by molar-refractivity contribution is 0.0979. The lowest BCUT2D eigenvalue weighted by Crippen LogP contribution is -2.07. The molecule has 18 heavy (non-hydrogen) atoms. The van der Waals surface area contributed by atoms with Crippen molar-refractivity contribution in [1.29, 1.82) is 0 Å². The largest absolute Gasteiger partial charge is 0.496 e. The van der Waals surface area contributed by atoms with E-state index in [1.165, 1.54) is 7.11 Å². The maximum atomic E-state index is 11.9. The van der Waals surface area contributed by atoms with Gasteiger partial charge < -0.3 is 4.74 Å². The van der Waals surface area contributed by atoms with E-state index in [2.05, 4.69) is 0 Å². The Kier molecular flexibility index (Phi) is 5.16. The van der Waals surface area contributed by atoms with Crippen molar-refractivity contribution in [2.45, 2.75) is 12.8 Å². The number of methoxy groups -OCH3 is 1. The Bertz CT molecular complexity index is 537. The van der Waals surface area contributed by atoms with E-state index >= 15 is 0 Å². The minimum atomic E-state index is -3.03. The molecule has 1 rings (SSSR count). The van der Waals surface area contributed by atoms with E-state index in [4.69, 9.17) is 16.3 Å². The summed E-state index contributed by atoms with van der Waals surface area (Å²) in [4.78, 5) is 11.9. The van der Waals surface area contributed by atoms with Crippen molar-refractivity contribution in [2.24, 2.45) is 0 Å². The fourth-order valence-electron chi connectivity index (χ4n) is 1.52. The predicted molar refractivity (Wildman–Crippen MR) is 71.3 cm³/mol. The summed E-state index contributed by atoms with van der Waals surface area (Å²) in [6, 6.07) is 4.75. The topological polar surface area (TPSA) is 60.4 Å². The zero-order valence-electron chi connectivity index (χ0n) is 10.3. The Morgan fingerprint density at radius 1 is 1.39 bits per heavy atom. The summed E-state index contributed by atoms with van der Waals surface area (Å²) in [6.45, 7) is 0. The van der Waals surface area contributed by atoms with Crippen molar-refractivity contribution >= 4 is 27.2 Å². The molecule has 0 saturated carbocycles. The molecule has 0 amide bonds. The SMILES string of the molecule is COc1cc(Cl)ccc1C(=O)CCCS(C)(=O)=O. The molecule has 0 aromatic heterocycles. The number of carbonyl (C=O) groups excluding carboxylic acids is 1. The molecule has 0 atom stereocenters. The van der Waals surface area contributed by atoms with Crippen LogP contribution in [0.15, 0.2) is 18.2 Å². The van der Waals surface area contributed by atoms with Gasteiger partial charge in [-0.1, -0.05) is 11.6 Å². The minimum Gasteiger partial charge on any atom is -0.496 e. The number of halogens is 1. The highest BCUT2D eigenvalue weighted by atomic mass is 35.5. The third-order valence-electron chi connectivity index (χ3n) is 2.38. The molecule has 0 spiro atoms. The van der Waals surface area contributed by atoms with E-state index in [0.29, 0.717) is 22.8 Å². The van der Waals surface area contributed by atoms with Crippen LogP contribution < -0.4 is 4.74 Å². The first-order valence-corrected chi connectivity index (χ1v) is 7.82. The van der Waals surface area contributed by atoms with Crippen molar-refractivity contribution in [3.63, 3.8) is 0 Å². The standard InChI is InChI=1S/C12H15ClO4S/c1-17-12-8-9(13)5-6-10(12)11(14)4-3-7-18(2,15)16/h5-6,8H,3-4,7H2,1-2H3. The lowest BCUT2D eigenvalue weighted by atomic mass is 10.1. The third-order valence-corrected chi connectivity index (χ3v) is 3.65. The Morgan fingerprint density at radius 3 is 2.61 bits per heavy atom. The quantitative estimate of drug-likeness (QED) is 0.755. The van der Waals surface area contributed by atoms with Crippen molar-refractivity contribution in [3.05, 3.63) is 28.8 Å². The molecular formula is C12H15ClO4S. The predicted octanol–water partition coefficient (Wildman–Crippen LogP) is 2.36. The van der Waals surface area contributed by atoms with Gasteiger partial charge in [0, 0.05) is 17.7 Å². The maximum absolute atomic E-state index is 11.9. The second-order valence-electron chi connectivity index (χ2n) is 4.00. The van der Waals surface area contributed by atoms with Crippen molar-refractivity contribution < 1.29 is 17.9 Å². The van der Waals surface area contributed by atoms with Gasteiger partial charge in [0.1, 0.15) is 15.6 Å². The van der Waals surface area contributed by atoms with Crippen LogP contribution in [-0.4, -0.2) is 33.3 Å². The monoisotopic (exact) mass is 290 g/mol. The van der Waals surface area contributed by atoms with Gasteiger partial charge in [-0.15, -0.1) is 0 Å². The molecule has 1 aromatic carbocycles. The van der Waals surface area contributed by atoms with Crippen LogP contribution in [0.5, 0.6) is 5.75 Å². The number of benzene rings is 1.